The largest absolute Gasteiger partial charge is 0.324 e. The van der Waals surface area contributed by atoms with Crippen LogP contribution in [-0.4, -0.2) is 55.6 Å². The molecule has 8 aromatic rings. The van der Waals surface area contributed by atoms with E-state index < -0.39 is 0 Å². The monoisotopic (exact) mass is 738 g/mol. The first kappa shape index (κ1) is 30.9. The summed E-state index contributed by atoms with van der Waals surface area (Å²) in [5, 5.41) is 3.82. The van der Waals surface area contributed by atoms with Crippen molar-refractivity contribution in [2.45, 2.75) is 5.82 Å². The zero-order valence-corrected chi connectivity index (χ0v) is 28.7. The first-order valence-corrected chi connectivity index (χ1v) is 18.0. The predicted molar refractivity (Wildman–Crippen MR) is 199 cm³/mol. The van der Waals surface area contributed by atoms with E-state index in [-0.39, 0.29) is 11.8 Å². The van der Waals surface area contributed by atoms with Crippen molar-refractivity contribution in [3.05, 3.63) is 132 Å². The summed E-state index contributed by atoms with van der Waals surface area (Å²) in [6.07, 6.45) is 0. The number of carbonyl (C=O) groups excluding carboxylic acids is 2. The average Bonchev–Trinajstić information content (AvgIpc) is 3.98. The van der Waals surface area contributed by atoms with Gasteiger partial charge in [-0.1, -0.05) is 97.1 Å². The molecule has 5 aromatic carbocycles. The van der Waals surface area contributed by atoms with E-state index in [1.807, 2.05) is 97.1 Å². The van der Waals surface area contributed by atoms with Crippen molar-refractivity contribution in [3.8, 4) is 45.6 Å². The van der Waals surface area contributed by atoms with Crippen molar-refractivity contribution >= 4 is 55.9 Å². The third-order valence-electron chi connectivity index (χ3n) is 9.31. The summed E-state index contributed by atoms with van der Waals surface area (Å²) < 4.78 is 1.16. The topological polar surface area (TPSA) is 146 Å². The molecule has 0 fully saturated rings. The van der Waals surface area contributed by atoms with Crippen LogP contribution < -0.4 is 0 Å². The fourth-order valence-corrected chi connectivity index (χ4v) is 7.46. The Kier molecular flexibility index (Phi) is 7.07. The van der Waals surface area contributed by atoms with E-state index >= 15 is 0 Å². The van der Waals surface area contributed by atoms with Crippen molar-refractivity contribution in [3.63, 3.8) is 0 Å². The number of benzene rings is 5. The Hall–Kier alpha value is -6.88. The van der Waals surface area contributed by atoms with Gasteiger partial charge in [-0.2, -0.15) is 0 Å². The summed E-state index contributed by atoms with van der Waals surface area (Å²) in [6.45, 7) is 0. The first-order valence-electron chi connectivity index (χ1n) is 16.6. The molecule has 0 radical (unpaired) electrons. The molecule has 3 aromatic heterocycles. The second-order valence-electron chi connectivity index (χ2n) is 12.3. The Morgan fingerprint density at radius 1 is 0.396 bits per heavy atom. The Labute approximate surface area is 307 Å². The van der Waals surface area contributed by atoms with Gasteiger partial charge in [0, 0.05) is 43.8 Å². The second-order valence-corrected chi connectivity index (χ2v) is 13.2. The molecule has 2 N–H and O–H groups in total. The van der Waals surface area contributed by atoms with E-state index in [1.165, 1.54) is 15.2 Å². The number of carbonyl (C=O) groups is 2. The van der Waals surface area contributed by atoms with E-state index in [4.69, 9.17) is 29.9 Å². The maximum absolute atomic E-state index is 11.5. The van der Waals surface area contributed by atoms with Gasteiger partial charge in [0.25, 0.3) is 0 Å². The average molecular weight is 739 g/mol. The SMILES string of the molecule is [CH3][Cu][N]1C(=O)c2ccccc2C1=O.c1ccc2c(c1)-c1nc-2nc2[nH]c(nc3nc(nc4[nH]c(n1)c1ccccc41)-c1ccccc1-3)c1ccccc21. The molecular formula is C41H25CuN9O2. The molecule has 3 aliphatic rings. The number of nitrogens with zero attached hydrogens (tertiary/aromatic N) is 7. The van der Waals surface area contributed by atoms with E-state index in [0.29, 0.717) is 57.0 Å². The molecule has 6 heterocycles. The Balaban J connectivity index is 0.000000228. The number of hydrogen-bond donors (Lipinski definition) is 2. The zero-order chi connectivity index (χ0) is 35.6. The summed E-state index contributed by atoms with van der Waals surface area (Å²) in [5.74, 6) is 3.65. The van der Waals surface area contributed by atoms with Gasteiger partial charge >= 0.3 is 81.7 Å². The molecule has 0 spiro atoms. The maximum atomic E-state index is 11.5. The molecule has 0 saturated heterocycles. The normalized spacial score (nSPS) is 12.8. The second kappa shape index (κ2) is 12.1. The minimum atomic E-state index is -0.219. The summed E-state index contributed by atoms with van der Waals surface area (Å²) in [6, 6.07) is 39.1. The molecule has 8 bridgehead atoms. The molecule has 257 valence electrons. The smallest absolute Gasteiger partial charge is 0.164 e. The van der Waals surface area contributed by atoms with E-state index in [0.717, 1.165) is 47.7 Å². The van der Waals surface area contributed by atoms with Crippen LogP contribution >= 0.6 is 0 Å². The van der Waals surface area contributed by atoms with Crippen LogP contribution in [0.2, 0.25) is 5.82 Å². The molecule has 3 aliphatic heterocycles. The Morgan fingerprint density at radius 2 is 0.660 bits per heavy atom. The summed E-state index contributed by atoms with van der Waals surface area (Å²) in [5.41, 5.74) is 7.45. The number of H-pyrrole nitrogens is 2. The third-order valence-corrected chi connectivity index (χ3v) is 10.1. The molecule has 0 saturated carbocycles. The van der Waals surface area contributed by atoms with E-state index in [1.54, 1.807) is 30.1 Å². The minimum Gasteiger partial charge on any atom is -0.324 e. The quantitative estimate of drug-likeness (QED) is 0.127. The number of amides is 2. The van der Waals surface area contributed by atoms with Crippen LogP contribution in [0.25, 0.3) is 89.7 Å². The van der Waals surface area contributed by atoms with Gasteiger partial charge in [0.15, 0.2) is 23.3 Å². The number of rotatable bonds is 1. The molecule has 11 rings (SSSR count). The molecule has 0 atom stereocenters. The number of imide groups is 1. The van der Waals surface area contributed by atoms with E-state index in [2.05, 4.69) is 9.97 Å². The molecular weight excluding hydrogens is 714 g/mol. The predicted octanol–water partition coefficient (Wildman–Crippen LogP) is 8.20. The molecule has 2 amide bonds. The number of aromatic amines is 2. The number of aromatic nitrogens is 8. The Morgan fingerprint density at radius 3 is 0.943 bits per heavy atom. The number of hydrogen-bond acceptors (Lipinski definition) is 8. The summed E-state index contributed by atoms with van der Waals surface area (Å²) in [4.78, 5) is 59.8. The van der Waals surface area contributed by atoms with Crippen LogP contribution in [-0.2, 0) is 15.2 Å². The molecule has 11 nitrogen and oxygen atoms in total. The van der Waals surface area contributed by atoms with Crippen LogP contribution in [0.15, 0.2) is 121 Å². The zero-order valence-electron chi connectivity index (χ0n) is 27.8. The summed E-state index contributed by atoms with van der Waals surface area (Å²) in [7, 11) is 0. The van der Waals surface area contributed by atoms with Crippen molar-refractivity contribution in [2.24, 2.45) is 0 Å². The van der Waals surface area contributed by atoms with Crippen LogP contribution in [0.5, 0.6) is 0 Å². The standard InChI is InChI=1S/C32H18N8.C8H5NO2.CH3.Cu/c1-2-10-18-17(9-1)25-33-26(18)38-28-21-13-5-6-14-22(21)30(35-28)40-32-24-16-8-7-15-23(24)31(36-32)39-29-20-12-4-3-11-19(20)27(34-29)37-25;10-7-5-3-1-2-4-6(5)8(11)9-7;;/h1-16H,(H2,33,34,35,36,37,38,39,40);1-4H,(H,9,10,11);1H3;/q;;;+1/p-1. The molecule has 0 unspecified atom stereocenters. The fraction of sp³-hybridized carbons (Fsp3) is 0.0244. The van der Waals surface area contributed by atoms with Crippen molar-refractivity contribution in [2.75, 3.05) is 0 Å². The van der Waals surface area contributed by atoms with E-state index in [9.17, 15) is 9.59 Å². The number of fused-ring (bicyclic) bond motifs is 21. The van der Waals surface area contributed by atoms with Gasteiger partial charge in [0.05, 0.1) is 0 Å². The van der Waals surface area contributed by atoms with Crippen LogP contribution in [0.3, 0.4) is 0 Å². The fourth-order valence-electron chi connectivity index (χ4n) is 6.85. The third kappa shape index (κ3) is 4.95. The van der Waals surface area contributed by atoms with Gasteiger partial charge in [-0.05, 0) is 0 Å². The molecule has 0 aliphatic carbocycles. The van der Waals surface area contributed by atoms with Crippen molar-refractivity contribution in [1.29, 1.82) is 0 Å². The molecule has 12 heteroatoms. The van der Waals surface area contributed by atoms with Gasteiger partial charge in [0.1, 0.15) is 22.6 Å². The van der Waals surface area contributed by atoms with Gasteiger partial charge in [-0.25, -0.2) is 29.9 Å². The number of nitrogens with one attached hydrogen (secondary N) is 2. The van der Waals surface area contributed by atoms with Gasteiger partial charge in [0.2, 0.25) is 0 Å². The van der Waals surface area contributed by atoms with Crippen LogP contribution in [0.1, 0.15) is 20.7 Å². The molecule has 53 heavy (non-hydrogen) atoms. The minimum absolute atomic E-state index is 0.219. The summed E-state index contributed by atoms with van der Waals surface area (Å²) >= 11 is 1.23. The van der Waals surface area contributed by atoms with Gasteiger partial charge in [-0.15, -0.1) is 0 Å². The van der Waals surface area contributed by atoms with Gasteiger partial charge < -0.3 is 9.97 Å². The first-order chi connectivity index (χ1) is 26.1. The maximum Gasteiger partial charge on any atom is 0.164 e. The van der Waals surface area contributed by atoms with Crippen LogP contribution in [0, 0.1) is 0 Å². The van der Waals surface area contributed by atoms with Crippen molar-refractivity contribution < 1.29 is 24.8 Å². The Bertz CT molecular complexity index is 2670. The van der Waals surface area contributed by atoms with Crippen LogP contribution in [0.4, 0.5) is 0 Å². The van der Waals surface area contributed by atoms with Crippen molar-refractivity contribution in [1.82, 2.24) is 43.8 Å². The van der Waals surface area contributed by atoms with Gasteiger partial charge in [-0.3, -0.25) is 0 Å².